The summed E-state index contributed by atoms with van der Waals surface area (Å²) in [5.41, 5.74) is 11.1. The van der Waals surface area contributed by atoms with Crippen molar-refractivity contribution < 1.29 is 4.79 Å². The third-order valence-electron chi connectivity index (χ3n) is 1.98. The molecule has 0 aromatic heterocycles. The molecule has 0 aliphatic carbocycles. The zero-order chi connectivity index (χ0) is 12.1. The summed E-state index contributed by atoms with van der Waals surface area (Å²) < 4.78 is -0.728. The van der Waals surface area contributed by atoms with E-state index in [1.54, 1.807) is 5.55 Å². The van der Waals surface area contributed by atoms with Crippen LogP contribution in [0.3, 0.4) is 0 Å². The Morgan fingerprint density at radius 1 is 1.53 bits per heavy atom. The molecule has 17 heavy (non-hydrogen) atoms. The van der Waals surface area contributed by atoms with Crippen LogP contribution in [-0.2, 0) is 4.79 Å². The highest BCUT2D eigenvalue weighted by atomic mass is 32.2. The first-order valence-corrected chi connectivity index (χ1v) is 6.79. The number of benzene rings is 1. The minimum absolute atomic E-state index is 0.0830. The number of rotatable bonds is 4. The average Bonchev–Trinajstić information content (AvgIpc) is 2.76. The normalized spacial score (nSPS) is 22.2. The lowest BCUT2D eigenvalue weighted by Gasteiger charge is -2.20. The van der Waals surface area contributed by atoms with Crippen molar-refractivity contribution in [2.75, 3.05) is 11.1 Å². The van der Waals surface area contributed by atoms with Gasteiger partial charge >= 0.3 is 0 Å². The van der Waals surface area contributed by atoms with Crippen molar-refractivity contribution >= 4 is 40.7 Å². The molecule has 1 aromatic carbocycles. The van der Waals surface area contributed by atoms with E-state index >= 15 is 0 Å². The van der Waals surface area contributed by atoms with Crippen molar-refractivity contribution in [2.24, 2.45) is 10.8 Å². The van der Waals surface area contributed by atoms with Gasteiger partial charge in [-0.1, -0.05) is 41.7 Å². The molecule has 7 heteroatoms. The van der Waals surface area contributed by atoms with Crippen LogP contribution in [0, 0.1) is 0 Å². The lowest BCUT2D eigenvalue weighted by atomic mass is 10.3. The molecule has 0 radical (unpaired) electrons. The summed E-state index contributed by atoms with van der Waals surface area (Å²) in [6, 6.07) is 9.32. The molecule has 1 aromatic rings. The number of hydrogen-bond acceptors (Lipinski definition) is 6. The fraction of sp³-hybridized carbons (Fsp3) is 0.200. The highest BCUT2D eigenvalue weighted by Crippen LogP contribution is 2.30. The number of anilines is 1. The summed E-state index contributed by atoms with van der Waals surface area (Å²) >= 11 is 2.66. The number of nitrogens with two attached hydrogens (primary N) is 1. The SMILES string of the molecule is NC1(SCC(=O)Nc2ccccc2)NN=CS1. The number of para-hydroxylation sites is 1. The Morgan fingerprint density at radius 3 is 2.94 bits per heavy atom. The summed E-state index contributed by atoms with van der Waals surface area (Å²) in [5, 5.41) is 6.60. The third-order valence-corrected chi connectivity index (χ3v) is 4.20. The van der Waals surface area contributed by atoms with Crippen LogP contribution in [0.25, 0.3) is 0 Å². The summed E-state index contributed by atoms with van der Waals surface area (Å²) in [6.07, 6.45) is 0. The molecule has 1 atom stereocenters. The largest absolute Gasteiger partial charge is 0.325 e. The zero-order valence-corrected chi connectivity index (χ0v) is 10.6. The molecule has 1 unspecified atom stereocenters. The number of nitrogens with zero attached hydrogens (tertiary/aromatic N) is 1. The highest BCUT2D eigenvalue weighted by molar-refractivity contribution is 8.25. The molecule has 1 aliphatic rings. The molecule has 0 saturated heterocycles. The zero-order valence-electron chi connectivity index (χ0n) is 8.92. The van der Waals surface area contributed by atoms with Gasteiger partial charge in [0.1, 0.15) is 0 Å². The van der Waals surface area contributed by atoms with Gasteiger partial charge in [0.25, 0.3) is 0 Å². The van der Waals surface area contributed by atoms with E-state index in [4.69, 9.17) is 5.73 Å². The Labute approximate surface area is 108 Å². The Balaban J connectivity index is 1.78. The van der Waals surface area contributed by atoms with Crippen LogP contribution in [0.1, 0.15) is 0 Å². The number of hydrogen-bond donors (Lipinski definition) is 3. The van der Waals surface area contributed by atoms with Gasteiger partial charge < -0.3 is 5.32 Å². The maximum Gasteiger partial charge on any atom is 0.234 e. The molecule has 1 heterocycles. The number of hydrazone groups is 1. The number of nitrogens with one attached hydrogen (secondary N) is 2. The van der Waals surface area contributed by atoms with Gasteiger partial charge in [-0.2, -0.15) is 5.10 Å². The van der Waals surface area contributed by atoms with Crippen molar-refractivity contribution in [3.05, 3.63) is 30.3 Å². The molecule has 0 fully saturated rings. The van der Waals surface area contributed by atoms with E-state index in [-0.39, 0.29) is 11.7 Å². The number of thioether (sulfide) groups is 2. The van der Waals surface area contributed by atoms with Gasteiger partial charge in [-0.3, -0.25) is 16.0 Å². The highest BCUT2D eigenvalue weighted by Gasteiger charge is 2.29. The standard InChI is InChI=1S/C10H12N4OS2/c11-10(14-12-7-17-10)16-6-9(15)13-8-4-2-1-3-5-8/h1-5,7,14H,6,11H2,(H,13,15). The second kappa shape index (κ2) is 5.44. The van der Waals surface area contributed by atoms with Crippen molar-refractivity contribution in [1.29, 1.82) is 0 Å². The van der Waals surface area contributed by atoms with E-state index in [1.807, 2.05) is 30.3 Å². The van der Waals surface area contributed by atoms with Crippen LogP contribution in [0.5, 0.6) is 0 Å². The second-order valence-electron chi connectivity index (χ2n) is 3.33. The molecule has 0 spiro atoms. The van der Waals surface area contributed by atoms with Gasteiger partial charge in [-0.15, -0.1) is 0 Å². The summed E-state index contributed by atoms with van der Waals surface area (Å²) in [5.74, 6) is 0.190. The van der Waals surface area contributed by atoms with Gasteiger partial charge in [-0.25, -0.2) is 0 Å². The molecular formula is C10H12N4OS2. The minimum atomic E-state index is -0.728. The van der Waals surface area contributed by atoms with E-state index < -0.39 is 4.33 Å². The molecule has 1 amide bonds. The first-order chi connectivity index (χ1) is 8.18. The number of amides is 1. The maximum atomic E-state index is 11.6. The maximum absolute atomic E-state index is 11.6. The monoisotopic (exact) mass is 268 g/mol. The first kappa shape index (κ1) is 12.3. The average molecular weight is 268 g/mol. The summed E-state index contributed by atoms with van der Waals surface area (Å²) in [4.78, 5) is 11.6. The van der Waals surface area contributed by atoms with Crippen LogP contribution < -0.4 is 16.5 Å². The van der Waals surface area contributed by atoms with Crippen LogP contribution in [-0.4, -0.2) is 21.5 Å². The fourth-order valence-corrected chi connectivity index (χ4v) is 2.69. The van der Waals surface area contributed by atoms with E-state index in [9.17, 15) is 4.79 Å². The molecule has 90 valence electrons. The van der Waals surface area contributed by atoms with Crippen molar-refractivity contribution in [2.45, 2.75) is 4.33 Å². The van der Waals surface area contributed by atoms with Crippen LogP contribution in [0.4, 0.5) is 5.69 Å². The summed E-state index contributed by atoms with van der Waals surface area (Å²) in [6.45, 7) is 0. The van der Waals surface area contributed by atoms with Gasteiger partial charge in [0.2, 0.25) is 10.2 Å². The topological polar surface area (TPSA) is 79.5 Å². The van der Waals surface area contributed by atoms with Gasteiger partial charge in [-0.05, 0) is 12.1 Å². The number of carbonyl (C=O) groups is 1. The van der Waals surface area contributed by atoms with E-state index in [0.29, 0.717) is 0 Å². The third kappa shape index (κ3) is 3.65. The fourth-order valence-electron chi connectivity index (χ4n) is 1.20. The Morgan fingerprint density at radius 2 is 2.29 bits per heavy atom. The molecule has 1 aliphatic heterocycles. The van der Waals surface area contributed by atoms with E-state index in [2.05, 4.69) is 15.8 Å². The summed E-state index contributed by atoms with van der Waals surface area (Å²) in [7, 11) is 0. The molecule has 5 nitrogen and oxygen atoms in total. The lowest BCUT2D eigenvalue weighted by molar-refractivity contribution is -0.113. The van der Waals surface area contributed by atoms with Crippen molar-refractivity contribution in [3.63, 3.8) is 0 Å². The Bertz CT molecular complexity index is 416. The number of carbonyl (C=O) groups excluding carboxylic acids is 1. The lowest BCUT2D eigenvalue weighted by Crippen LogP contribution is -2.42. The smallest absolute Gasteiger partial charge is 0.234 e. The second-order valence-corrected chi connectivity index (χ2v) is 5.90. The quantitative estimate of drug-likeness (QED) is 0.715. The molecule has 4 N–H and O–H groups in total. The Hall–Kier alpha value is -1.18. The molecule has 0 bridgehead atoms. The van der Waals surface area contributed by atoms with Crippen LogP contribution in [0.15, 0.2) is 35.4 Å². The minimum Gasteiger partial charge on any atom is -0.325 e. The first-order valence-electron chi connectivity index (χ1n) is 4.92. The van der Waals surface area contributed by atoms with Gasteiger partial charge in [0, 0.05) is 5.69 Å². The molecule has 0 saturated carbocycles. The van der Waals surface area contributed by atoms with Gasteiger partial charge in [0.05, 0.1) is 11.3 Å². The predicted molar refractivity (Wildman–Crippen MR) is 73.7 cm³/mol. The van der Waals surface area contributed by atoms with E-state index in [1.165, 1.54) is 23.5 Å². The van der Waals surface area contributed by atoms with E-state index in [0.717, 1.165) is 5.69 Å². The van der Waals surface area contributed by atoms with Crippen molar-refractivity contribution in [1.82, 2.24) is 5.43 Å². The van der Waals surface area contributed by atoms with Crippen LogP contribution in [0.2, 0.25) is 0 Å². The predicted octanol–water partition coefficient (Wildman–Crippen LogP) is 1.21. The molecule has 2 rings (SSSR count). The van der Waals surface area contributed by atoms with Crippen LogP contribution >= 0.6 is 23.5 Å². The molecular weight excluding hydrogens is 256 g/mol. The van der Waals surface area contributed by atoms with Gasteiger partial charge in [0.15, 0.2) is 0 Å². The van der Waals surface area contributed by atoms with Crippen molar-refractivity contribution in [3.8, 4) is 0 Å². The Kier molecular flexibility index (Phi) is 3.93.